The van der Waals surface area contributed by atoms with Gasteiger partial charge in [-0.1, -0.05) is 19.1 Å². The molecule has 0 saturated carbocycles. The van der Waals surface area contributed by atoms with Gasteiger partial charge in [0.2, 0.25) is 5.91 Å². The summed E-state index contributed by atoms with van der Waals surface area (Å²) in [7, 11) is 0. The Bertz CT molecular complexity index is 1130. The molecule has 2 N–H and O–H groups in total. The fourth-order valence-electron chi connectivity index (χ4n) is 3.78. The summed E-state index contributed by atoms with van der Waals surface area (Å²) in [5.74, 6) is -0.315. The van der Waals surface area contributed by atoms with Gasteiger partial charge in [-0.05, 0) is 70.7 Å². The monoisotopic (exact) mass is 435 g/mol. The third-order valence-electron chi connectivity index (χ3n) is 5.86. The number of amides is 2. The van der Waals surface area contributed by atoms with Gasteiger partial charge in [0.05, 0.1) is 17.4 Å². The molecular formula is C25H33N5O2. The van der Waals surface area contributed by atoms with Crippen molar-refractivity contribution in [3.63, 3.8) is 0 Å². The van der Waals surface area contributed by atoms with E-state index in [-0.39, 0.29) is 23.9 Å². The number of hydrogen-bond donors (Lipinski definition) is 2. The van der Waals surface area contributed by atoms with E-state index >= 15 is 0 Å². The second-order valence-corrected chi connectivity index (χ2v) is 8.60. The van der Waals surface area contributed by atoms with Crippen LogP contribution in [-0.4, -0.2) is 32.6 Å². The summed E-state index contributed by atoms with van der Waals surface area (Å²) in [4.78, 5) is 30.1. The Morgan fingerprint density at radius 3 is 2.53 bits per heavy atom. The van der Waals surface area contributed by atoms with E-state index in [1.165, 1.54) is 0 Å². The third kappa shape index (κ3) is 4.98. The van der Waals surface area contributed by atoms with Crippen LogP contribution >= 0.6 is 0 Å². The molecule has 170 valence electrons. The number of para-hydroxylation sites is 1. The standard InChI is InChI=1S/C25H33N5O2/c1-7-16(4)27-25(32)20-10-8-9-11-22(20)29-23(31)13-12-19-17(5)21-14-26-30(15(2)3)24(21)28-18(19)6/h8-11,14-16H,7,12-13H2,1-6H3,(H,27,32)(H,29,31). The van der Waals surface area contributed by atoms with Crippen molar-refractivity contribution in [2.45, 2.75) is 72.9 Å². The highest BCUT2D eigenvalue weighted by Gasteiger charge is 2.17. The molecule has 7 nitrogen and oxygen atoms in total. The smallest absolute Gasteiger partial charge is 0.253 e. The molecule has 0 bridgehead atoms. The molecular weight excluding hydrogens is 402 g/mol. The van der Waals surface area contributed by atoms with Crippen molar-refractivity contribution in [3.05, 3.63) is 52.8 Å². The van der Waals surface area contributed by atoms with Gasteiger partial charge in [0.15, 0.2) is 5.65 Å². The first-order valence-corrected chi connectivity index (χ1v) is 11.3. The van der Waals surface area contributed by atoms with E-state index < -0.39 is 0 Å². The van der Waals surface area contributed by atoms with Gasteiger partial charge in [-0.3, -0.25) is 9.59 Å². The molecule has 0 aliphatic rings. The highest BCUT2D eigenvalue weighted by atomic mass is 16.2. The van der Waals surface area contributed by atoms with Crippen LogP contribution in [0.25, 0.3) is 11.0 Å². The molecule has 0 fully saturated rings. The summed E-state index contributed by atoms with van der Waals surface area (Å²) in [6.45, 7) is 12.2. The number of carbonyl (C=O) groups excluding carboxylic acids is 2. The van der Waals surface area contributed by atoms with Gasteiger partial charge in [0.25, 0.3) is 5.91 Å². The lowest BCUT2D eigenvalue weighted by Crippen LogP contribution is -2.32. The zero-order chi connectivity index (χ0) is 23.4. The van der Waals surface area contributed by atoms with Crippen molar-refractivity contribution in [1.29, 1.82) is 0 Å². The molecule has 2 heterocycles. The van der Waals surface area contributed by atoms with Crippen molar-refractivity contribution in [2.24, 2.45) is 0 Å². The zero-order valence-corrected chi connectivity index (χ0v) is 19.8. The lowest BCUT2D eigenvalue weighted by Gasteiger charge is -2.15. The van der Waals surface area contributed by atoms with Crippen molar-refractivity contribution < 1.29 is 9.59 Å². The molecule has 0 radical (unpaired) electrons. The molecule has 2 aromatic heterocycles. The summed E-state index contributed by atoms with van der Waals surface area (Å²) in [5, 5.41) is 11.4. The minimum Gasteiger partial charge on any atom is -0.350 e. The van der Waals surface area contributed by atoms with Crippen LogP contribution in [0, 0.1) is 13.8 Å². The van der Waals surface area contributed by atoms with Crippen LogP contribution in [0.15, 0.2) is 30.5 Å². The molecule has 1 aromatic carbocycles. The van der Waals surface area contributed by atoms with Crippen molar-refractivity contribution in [2.75, 3.05) is 5.32 Å². The molecule has 3 aromatic rings. The average molecular weight is 436 g/mol. The molecule has 1 atom stereocenters. The first kappa shape index (κ1) is 23.4. The van der Waals surface area contributed by atoms with E-state index in [2.05, 4.69) is 36.5 Å². The number of hydrogen-bond acceptors (Lipinski definition) is 4. The normalized spacial score (nSPS) is 12.2. The Balaban J connectivity index is 1.74. The van der Waals surface area contributed by atoms with Crippen LogP contribution in [0.4, 0.5) is 5.69 Å². The lowest BCUT2D eigenvalue weighted by molar-refractivity contribution is -0.116. The Kier molecular flexibility index (Phi) is 7.28. The van der Waals surface area contributed by atoms with E-state index in [1.807, 2.05) is 37.7 Å². The maximum Gasteiger partial charge on any atom is 0.253 e. The third-order valence-corrected chi connectivity index (χ3v) is 5.86. The van der Waals surface area contributed by atoms with Gasteiger partial charge in [0, 0.05) is 29.6 Å². The minimum atomic E-state index is -0.182. The number of rotatable bonds is 8. The van der Waals surface area contributed by atoms with Crippen LogP contribution < -0.4 is 10.6 Å². The number of nitrogens with one attached hydrogen (secondary N) is 2. The van der Waals surface area contributed by atoms with Crippen LogP contribution in [-0.2, 0) is 11.2 Å². The van der Waals surface area contributed by atoms with Gasteiger partial charge in [0.1, 0.15) is 0 Å². The predicted molar refractivity (Wildman–Crippen MR) is 128 cm³/mol. The average Bonchev–Trinajstić information content (AvgIpc) is 3.18. The summed E-state index contributed by atoms with van der Waals surface area (Å²) in [6, 6.07) is 7.40. The lowest BCUT2D eigenvalue weighted by atomic mass is 10.00. The van der Waals surface area contributed by atoms with Crippen molar-refractivity contribution in [1.82, 2.24) is 20.1 Å². The summed E-state index contributed by atoms with van der Waals surface area (Å²) in [6.07, 6.45) is 3.56. The zero-order valence-electron chi connectivity index (χ0n) is 19.8. The Labute approximate surface area is 189 Å². The number of nitrogens with zero attached hydrogens (tertiary/aromatic N) is 3. The van der Waals surface area contributed by atoms with Gasteiger partial charge in [-0.15, -0.1) is 0 Å². The van der Waals surface area contributed by atoms with Crippen LogP contribution in [0.3, 0.4) is 0 Å². The minimum absolute atomic E-state index is 0.0691. The first-order chi connectivity index (χ1) is 15.2. The summed E-state index contributed by atoms with van der Waals surface area (Å²) >= 11 is 0. The van der Waals surface area contributed by atoms with Gasteiger partial charge in [-0.25, -0.2) is 9.67 Å². The number of pyridine rings is 1. The SMILES string of the molecule is CCC(C)NC(=O)c1ccccc1NC(=O)CCc1c(C)nc2c(cnn2C(C)C)c1C. The number of benzene rings is 1. The summed E-state index contributed by atoms with van der Waals surface area (Å²) in [5.41, 5.74) is 4.97. The molecule has 7 heteroatoms. The van der Waals surface area contributed by atoms with E-state index in [9.17, 15) is 9.59 Å². The number of fused-ring (bicyclic) bond motifs is 1. The molecule has 1 unspecified atom stereocenters. The van der Waals surface area contributed by atoms with Gasteiger partial charge >= 0.3 is 0 Å². The van der Waals surface area contributed by atoms with Crippen LogP contribution in [0.1, 0.15) is 73.8 Å². The molecule has 0 saturated heterocycles. The highest BCUT2D eigenvalue weighted by Crippen LogP contribution is 2.25. The fraction of sp³-hybridized carbons (Fsp3) is 0.440. The highest BCUT2D eigenvalue weighted by molar-refractivity contribution is 6.03. The largest absolute Gasteiger partial charge is 0.350 e. The van der Waals surface area contributed by atoms with Gasteiger partial charge in [-0.2, -0.15) is 5.10 Å². The van der Waals surface area contributed by atoms with Crippen LogP contribution in [0.5, 0.6) is 0 Å². The van der Waals surface area contributed by atoms with Gasteiger partial charge < -0.3 is 10.6 Å². The molecule has 3 rings (SSSR count). The number of aromatic nitrogens is 3. The second-order valence-electron chi connectivity index (χ2n) is 8.60. The Morgan fingerprint density at radius 1 is 1.12 bits per heavy atom. The first-order valence-electron chi connectivity index (χ1n) is 11.3. The van der Waals surface area contributed by atoms with E-state index in [4.69, 9.17) is 4.98 Å². The Hall–Kier alpha value is -3.22. The topological polar surface area (TPSA) is 88.9 Å². The van der Waals surface area contributed by atoms with Crippen molar-refractivity contribution >= 4 is 28.5 Å². The molecule has 0 aliphatic carbocycles. The molecule has 2 amide bonds. The molecule has 0 aliphatic heterocycles. The number of carbonyl (C=O) groups is 2. The van der Waals surface area contributed by atoms with Crippen molar-refractivity contribution in [3.8, 4) is 0 Å². The Morgan fingerprint density at radius 2 is 1.84 bits per heavy atom. The van der Waals surface area contributed by atoms with E-state index in [1.54, 1.807) is 18.2 Å². The maximum absolute atomic E-state index is 12.7. The second kappa shape index (κ2) is 9.94. The quantitative estimate of drug-likeness (QED) is 0.535. The predicted octanol–water partition coefficient (Wildman–Crippen LogP) is 4.73. The number of aryl methyl sites for hydroxylation is 2. The fourth-order valence-corrected chi connectivity index (χ4v) is 3.78. The van der Waals surface area contributed by atoms with Crippen LogP contribution in [0.2, 0.25) is 0 Å². The number of anilines is 1. The van der Waals surface area contributed by atoms with E-state index in [0.717, 1.165) is 34.3 Å². The molecule has 32 heavy (non-hydrogen) atoms. The maximum atomic E-state index is 12.7. The summed E-state index contributed by atoms with van der Waals surface area (Å²) < 4.78 is 1.92. The molecule has 0 spiro atoms. The van der Waals surface area contributed by atoms with E-state index in [0.29, 0.717) is 24.1 Å².